The Morgan fingerprint density at radius 3 is 2.83 bits per heavy atom. The SMILES string of the molecule is CC.O=C(O)C1CCCN(N(c2ncnc3[nH]ccc23)C2CC2)C1. The molecule has 0 aromatic carbocycles. The number of rotatable bonds is 4. The molecule has 0 spiro atoms. The highest BCUT2D eigenvalue weighted by Gasteiger charge is 2.38. The number of nitrogens with one attached hydrogen (secondary N) is 1. The maximum atomic E-state index is 11.3. The van der Waals surface area contributed by atoms with Gasteiger partial charge in [-0.05, 0) is 31.7 Å². The molecular formula is C17H25N5O2. The number of anilines is 1. The van der Waals surface area contributed by atoms with Gasteiger partial charge in [-0.15, -0.1) is 0 Å². The number of aromatic nitrogens is 3. The zero-order valence-corrected chi connectivity index (χ0v) is 14.3. The first-order chi connectivity index (χ1) is 11.7. The van der Waals surface area contributed by atoms with Crippen LogP contribution in [0, 0.1) is 5.92 Å². The highest BCUT2D eigenvalue weighted by atomic mass is 16.4. The van der Waals surface area contributed by atoms with Gasteiger partial charge in [0, 0.05) is 25.3 Å². The maximum Gasteiger partial charge on any atom is 0.307 e. The first-order valence-corrected chi connectivity index (χ1v) is 8.79. The number of carboxylic acid groups (broad SMARTS) is 1. The van der Waals surface area contributed by atoms with Crippen molar-refractivity contribution in [2.75, 3.05) is 18.1 Å². The summed E-state index contributed by atoms with van der Waals surface area (Å²) in [5, 5.41) is 14.7. The van der Waals surface area contributed by atoms with Gasteiger partial charge >= 0.3 is 5.97 Å². The van der Waals surface area contributed by atoms with Crippen LogP contribution in [0.4, 0.5) is 5.82 Å². The van der Waals surface area contributed by atoms with Crippen LogP contribution < -0.4 is 5.01 Å². The molecule has 0 radical (unpaired) electrons. The Labute approximate surface area is 141 Å². The van der Waals surface area contributed by atoms with Crippen molar-refractivity contribution < 1.29 is 9.90 Å². The Morgan fingerprint density at radius 2 is 2.12 bits per heavy atom. The van der Waals surface area contributed by atoms with Crippen molar-refractivity contribution >= 4 is 22.8 Å². The zero-order chi connectivity index (χ0) is 17.1. The lowest BCUT2D eigenvalue weighted by molar-refractivity contribution is -0.143. The predicted molar refractivity (Wildman–Crippen MR) is 92.7 cm³/mol. The molecule has 24 heavy (non-hydrogen) atoms. The highest BCUT2D eigenvalue weighted by molar-refractivity contribution is 5.87. The molecular weight excluding hydrogens is 306 g/mol. The molecule has 1 atom stereocenters. The molecule has 1 saturated carbocycles. The fourth-order valence-corrected chi connectivity index (χ4v) is 3.25. The summed E-state index contributed by atoms with van der Waals surface area (Å²) in [6.07, 6.45) is 7.36. The summed E-state index contributed by atoms with van der Waals surface area (Å²) >= 11 is 0. The van der Waals surface area contributed by atoms with E-state index in [1.165, 1.54) is 0 Å². The topological polar surface area (TPSA) is 85.3 Å². The Balaban J connectivity index is 0.000000815. The van der Waals surface area contributed by atoms with Gasteiger partial charge < -0.3 is 10.1 Å². The van der Waals surface area contributed by atoms with Gasteiger partial charge in [-0.25, -0.2) is 15.0 Å². The van der Waals surface area contributed by atoms with Crippen molar-refractivity contribution in [2.45, 2.75) is 45.6 Å². The fourth-order valence-electron chi connectivity index (χ4n) is 3.25. The standard InChI is InChI=1S/C15H19N5O2.C2H6/c21-15(22)10-2-1-7-19(8-10)20(11-3-4-11)14-12-5-6-16-13(12)17-9-18-14;1-2/h5-6,9-11H,1-4,7-8H2,(H,21,22)(H,16,17,18);1-2H3. The van der Waals surface area contributed by atoms with E-state index in [1.54, 1.807) is 6.33 Å². The van der Waals surface area contributed by atoms with Gasteiger partial charge in [0.25, 0.3) is 0 Å². The Hall–Kier alpha value is -2.15. The van der Waals surface area contributed by atoms with Crippen molar-refractivity contribution in [3.63, 3.8) is 0 Å². The number of piperidine rings is 1. The summed E-state index contributed by atoms with van der Waals surface area (Å²) in [4.78, 5) is 23.2. The van der Waals surface area contributed by atoms with E-state index in [2.05, 4.69) is 25.0 Å². The van der Waals surface area contributed by atoms with Gasteiger partial charge in [0.2, 0.25) is 0 Å². The minimum Gasteiger partial charge on any atom is -0.481 e. The molecule has 2 aromatic heterocycles. The Morgan fingerprint density at radius 1 is 1.33 bits per heavy atom. The fraction of sp³-hybridized carbons (Fsp3) is 0.588. The van der Waals surface area contributed by atoms with Crippen LogP contribution in [0.1, 0.15) is 39.5 Å². The third-order valence-corrected chi connectivity index (χ3v) is 4.50. The van der Waals surface area contributed by atoms with Crippen molar-refractivity contribution in [1.29, 1.82) is 0 Å². The van der Waals surface area contributed by atoms with Crippen LogP contribution in [-0.2, 0) is 4.79 Å². The number of carbonyl (C=O) groups is 1. The Bertz CT molecular complexity index is 697. The summed E-state index contributed by atoms with van der Waals surface area (Å²) in [6, 6.07) is 2.42. The predicted octanol–water partition coefficient (Wildman–Crippen LogP) is 2.66. The minimum absolute atomic E-state index is 0.293. The number of hydrogen-bond acceptors (Lipinski definition) is 5. The largest absolute Gasteiger partial charge is 0.481 e. The van der Waals surface area contributed by atoms with Crippen molar-refractivity contribution in [1.82, 2.24) is 20.0 Å². The summed E-state index contributed by atoms with van der Waals surface area (Å²) in [7, 11) is 0. The lowest BCUT2D eigenvalue weighted by Gasteiger charge is -2.40. The van der Waals surface area contributed by atoms with Gasteiger partial charge in [0.15, 0.2) is 5.82 Å². The highest BCUT2D eigenvalue weighted by Crippen LogP contribution is 2.36. The monoisotopic (exact) mass is 331 g/mol. The summed E-state index contributed by atoms with van der Waals surface area (Å²) in [5.74, 6) is -0.103. The van der Waals surface area contributed by atoms with E-state index in [4.69, 9.17) is 0 Å². The lowest BCUT2D eigenvalue weighted by atomic mass is 9.99. The maximum absolute atomic E-state index is 11.3. The van der Waals surface area contributed by atoms with Crippen molar-refractivity contribution in [2.24, 2.45) is 5.92 Å². The molecule has 4 rings (SSSR count). The van der Waals surface area contributed by atoms with Crippen molar-refractivity contribution in [3.05, 3.63) is 18.6 Å². The molecule has 0 bridgehead atoms. The molecule has 7 nitrogen and oxygen atoms in total. The summed E-state index contributed by atoms with van der Waals surface area (Å²) in [5.41, 5.74) is 0.822. The number of aliphatic carboxylic acids is 1. The molecule has 3 heterocycles. The third-order valence-electron chi connectivity index (χ3n) is 4.50. The van der Waals surface area contributed by atoms with E-state index in [1.807, 2.05) is 26.1 Å². The number of hydrogen-bond donors (Lipinski definition) is 2. The summed E-state index contributed by atoms with van der Waals surface area (Å²) < 4.78 is 0. The first-order valence-electron chi connectivity index (χ1n) is 8.79. The number of fused-ring (bicyclic) bond motifs is 1. The number of hydrazine groups is 1. The molecule has 130 valence electrons. The van der Waals surface area contributed by atoms with E-state index in [-0.39, 0.29) is 5.92 Å². The van der Waals surface area contributed by atoms with Crippen LogP contribution in [0.3, 0.4) is 0 Å². The van der Waals surface area contributed by atoms with Crippen molar-refractivity contribution in [3.8, 4) is 0 Å². The number of H-pyrrole nitrogens is 1. The second kappa shape index (κ2) is 7.17. The average molecular weight is 331 g/mol. The molecule has 2 fully saturated rings. The first kappa shape index (κ1) is 16.7. The smallest absolute Gasteiger partial charge is 0.307 e. The van der Waals surface area contributed by atoms with Gasteiger partial charge in [-0.1, -0.05) is 13.8 Å². The van der Waals surface area contributed by atoms with E-state index in [0.717, 1.165) is 49.1 Å². The second-order valence-corrected chi connectivity index (χ2v) is 6.10. The molecule has 0 amide bonds. The molecule has 2 N–H and O–H groups in total. The third kappa shape index (κ3) is 3.21. The van der Waals surface area contributed by atoms with Crippen LogP contribution >= 0.6 is 0 Å². The van der Waals surface area contributed by atoms with Gasteiger partial charge in [-0.3, -0.25) is 9.80 Å². The molecule has 1 unspecified atom stereocenters. The second-order valence-electron chi connectivity index (χ2n) is 6.10. The quantitative estimate of drug-likeness (QED) is 0.896. The Kier molecular flexibility index (Phi) is 4.99. The summed E-state index contributed by atoms with van der Waals surface area (Å²) in [6.45, 7) is 5.44. The molecule has 2 aliphatic rings. The van der Waals surface area contributed by atoms with E-state index >= 15 is 0 Å². The van der Waals surface area contributed by atoms with E-state index in [0.29, 0.717) is 12.6 Å². The van der Waals surface area contributed by atoms with Crippen LogP contribution in [0.25, 0.3) is 11.0 Å². The zero-order valence-electron chi connectivity index (χ0n) is 14.3. The molecule has 1 aliphatic heterocycles. The average Bonchev–Trinajstić information content (AvgIpc) is 3.32. The van der Waals surface area contributed by atoms with Crippen LogP contribution in [0.15, 0.2) is 18.6 Å². The van der Waals surface area contributed by atoms with E-state index in [9.17, 15) is 9.90 Å². The number of aromatic amines is 1. The minimum atomic E-state index is -0.699. The molecule has 7 heteroatoms. The molecule has 2 aromatic rings. The van der Waals surface area contributed by atoms with Gasteiger partial charge in [-0.2, -0.15) is 0 Å². The molecule has 1 aliphatic carbocycles. The normalized spacial score (nSPS) is 21.2. The van der Waals surface area contributed by atoms with Gasteiger partial charge in [0.1, 0.15) is 12.0 Å². The van der Waals surface area contributed by atoms with Gasteiger partial charge in [0.05, 0.1) is 11.3 Å². The number of nitrogens with zero attached hydrogens (tertiary/aromatic N) is 4. The van der Waals surface area contributed by atoms with Crippen LogP contribution in [-0.4, -0.2) is 50.2 Å². The van der Waals surface area contributed by atoms with E-state index < -0.39 is 5.97 Å². The lowest BCUT2D eigenvalue weighted by Crippen LogP contribution is -2.51. The number of carboxylic acids is 1. The molecule has 1 saturated heterocycles. The van der Waals surface area contributed by atoms with Crippen LogP contribution in [0.5, 0.6) is 0 Å². The van der Waals surface area contributed by atoms with Crippen LogP contribution in [0.2, 0.25) is 0 Å².